The largest absolute Gasteiger partial charge is 0.494 e. The molecule has 0 amide bonds. The predicted molar refractivity (Wildman–Crippen MR) is 157 cm³/mol. The number of carbonyl (C=O) groups is 1. The van der Waals surface area contributed by atoms with Crippen molar-refractivity contribution < 1.29 is 14.6 Å². The third-order valence-electron chi connectivity index (χ3n) is 12.4. The number of ether oxygens (including phenoxy) is 1. The van der Waals surface area contributed by atoms with Gasteiger partial charge in [0, 0.05) is 30.8 Å². The van der Waals surface area contributed by atoms with E-state index in [2.05, 4.69) is 49.9 Å². The van der Waals surface area contributed by atoms with Gasteiger partial charge in [-0.2, -0.15) is 0 Å². The lowest BCUT2D eigenvalue weighted by Gasteiger charge is -2.60. The molecule has 4 heteroatoms. The molecule has 6 rings (SSSR count). The fourth-order valence-corrected chi connectivity index (χ4v) is 10.5. The van der Waals surface area contributed by atoms with Gasteiger partial charge in [0.05, 0.1) is 12.7 Å². The number of likely N-dealkylation sites (tertiary alicyclic amines) is 1. The molecule has 5 fully saturated rings. The minimum atomic E-state index is -0.191. The molecule has 0 radical (unpaired) electrons. The highest BCUT2D eigenvalue weighted by atomic mass is 16.5. The van der Waals surface area contributed by atoms with Crippen molar-refractivity contribution in [1.29, 1.82) is 0 Å². The van der Waals surface area contributed by atoms with E-state index in [-0.39, 0.29) is 11.5 Å². The van der Waals surface area contributed by atoms with Crippen molar-refractivity contribution in [3.05, 3.63) is 29.8 Å². The van der Waals surface area contributed by atoms with Gasteiger partial charge in [-0.05, 0) is 123 Å². The summed E-state index contributed by atoms with van der Waals surface area (Å²) in [6, 6.07) is 9.40. The molecule has 0 aromatic heterocycles. The first kappa shape index (κ1) is 27.8. The predicted octanol–water partition coefficient (Wildman–Crippen LogP) is 7.59. The number of Topliss-reactive ketones (excluding diaryl/α,β-unsaturated/α-hetero) is 1. The molecule has 0 spiro atoms. The van der Waals surface area contributed by atoms with E-state index in [4.69, 9.17) is 4.74 Å². The van der Waals surface area contributed by atoms with Gasteiger partial charge in [-0.15, -0.1) is 0 Å². The van der Waals surface area contributed by atoms with Crippen molar-refractivity contribution in [3.8, 4) is 5.75 Å². The number of piperidine rings is 1. The molecule has 0 bridgehead atoms. The van der Waals surface area contributed by atoms with Crippen LogP contribution in [-0.2, 0) is 4.79 Å². The van der Waals surface area contributed by atoms with E-state index in [1.54, 1.807) is 0 Å². The molecule has 39 heavy (non-hydrogen) atoms. The Morgan fingerprint density at radius 1 is 1.05 bits per heavy atom. The number of fused-ring (bicyclic) bond motifs is 5. The molecule has 1 saturated heterocycles. The highest BCUT2D eigenvalue weighted by molar-refractivity contribution is 5.79. The molecule has 4 nitrogen and oxygen atoms in total. The number of nitrogens with zero attached hydrogens (tertiary/aromatic N) is 1. The molecule has 4 saturated carbocycles. The van der Waals surface area contributed by atoms with E-state index in [1.807, 2.05) is 0 Å². The van der Waals surface area contributed by atoms with Crippen LogP contribution in [0.5, 0.6) is 5.75 Å². The van der Waals surface area contributed by atoms with Crippen molar-refractivity contribution >= 4 is 5.78 Å². The molecule has 1 aromatic carbocycles. The van der Waals surface area contributed by atoms with Crippen LogP contribution in [0.3, 0.4) is 0 Å². The van der Waals surface area contributed by atoms with Gasteiger partial charge in [-0.1, -0.05) is 39.3 Å². The Morgan fingerprint density at radius 2 is 1.92 bits per heavy atom. The maximum Gasteiger partial charge on any atom is 0.133 e. The molecule has 8 atom stereocenters. The molecule has 1 aromatic rings. The lowest BCUT2D eigenvalue weighted by molar-refractivity contribution is -0.145. The molecular weight excluding hydrogens is 482 g/mol. The summed E-state index contributed by atoms with van der Waals surface area (Å²) in [7, 11) is 0. The molecule has 1 aliphatic heterocycles. The Bertz CT molecular complexity index is 1020. The van der Waals surface area contributed by atoms with Crippen LogP contribution in [0, 0.1) is 40.4 Å². The van der Waals surface area contributed by atoms with Crippen molar-refractivity contribution in [2.24, 2.45) is 40.4 Å². The number of aliphatic hydroxyl groups is 1. The number of aliphatic hydroxyl groups excluding tert-OH is 1. The summed E-state index contributed by atoms with van der Waals surface area (Å²) >= 11 is 0. The second-order valence-electron chi connectivity index (χ2n) is 14.8. The molecule has 1 heterocycles. The van der Waals surface area contributed by atoms with E-state index in [1.165, 1.54) is 57.1 Å². The van der Waals surface area contributed by atoms with Gasteiger partial charge in [0.2, 0.25) is 0 Å². The maximum atomic E-state index is 12.3. The smallest absolute Gasteiger partial charge is 0.133 e. The number of rotatable bonds is 7. The molecule has 4 aliphatic carbocycles. The summed E-state index contributed by atoms with van der Waals surface area (Å²) in [6.07, 6.45) is 14.3. The number of benzene rings is 1. The molecular formula is C35H53NO3. The first-order valence-electron chi connectivity index (χ1n) is 16.5. The summed E-state index contributed by atoms with van der Waals surface area (Å²) < 4.78 is 6.49. The minimum Gasteiger partial charge on any atom is -0.494 e. The van der Waals surface area contributed by atoms with Gasteiger partial charge in [0.1, 0.15) is 11.5 Å². The Kier molecular flexibility index (Phi) is 7.92. The zero-order valence-electron chi connectivity index (χ0n) is 24.9. The fraction of sp³-hybridized carbons (Fsp3) is 0.800. The number of hydrogen-bond acceptors (Lipinski definition) is 4. The van der Waals surface area contributed by atoms with Crippen LogP contribution in [0.15, 0.2) is 24.3 Å². The van der Waals surface area contributed by atoms with Crippen LogP contribution in [0.1, 0.15) is 116 Å². The zero-order valence-corrected chi connectivity index (χ0v) is 24.9. The van der Waals surface area contributed by atoms with E-state index in [0.29, 0.717) is 47.5 Å². The van der Waals surface area contributed by atoms with Crippen LogP contribution in [0.2, 0.25) is 0 Å². The number of carbonyl (C=O) groups excluding carboxylic acids is 1. The highest BCUT2D eigenvalue weighted by Gasteiger charge is 2.61. The second kappa shape index (κ2) is 11.1. The third-order valence-corrected chi connectivity index (χ3v) is 12.4. The second-order valence-corrected chi connectivity index (χ2v) is 14.8. The zero-order chi connectivity index (χ0) is 27.2. The van der Waals surface area contributed by atoms with Crippen molar-refractivity contribution in [3.63, 3.8) is 0 Å². The average molecular weight is 536 g/mol. The average Bonchev–Trinajstić information content (AvgIpc) is 3.25. The summed E-state index contributed by atoms with van der Waals surface area (Å²) in [5, 5.41) is 11.4. The van der Waals surface area contributed by atoms with Gasteiger partial charge in [0.15, 0.2) is 0 Å². The molecule has 1 N–H and O–H groups in total. The Hall–Kier alpha value is -1.39. The highest BCUT2D eigenvalue weighted by Crippen LogP contribution is 2.66. The molecule has 216 valence electrons. The van der Waals surface area contributed by atoms with E-state index in [0.717, 1.165) is 56.7 Å². The summed E-state index contributed by atoms with van der Waals surface area (Å²) in [4.78, 5) is 14.9. The first-order chi connectivity index (χ1) is 18.8. The lowest BCUT2D eigenvalue weighted by Crippen LogP contribution is -2.55. The summed E-state index contributed by atoms with van der Waals surface area (Å²) in [6.45, 7) is 10.2. The number of ketones is 1. The Labute approximate surface area is 237 Å². The Morgan fingerprint density at radius 3 is 2.77 bits per heavy atom. The standard InChI is InChI=1S/C35H53NO3/c1-24(2)23-36-19-5-4-9-32(36)25-7-6-8-28(21-25)39-20-18-35-17-15-30-29(31(35)12-13-33(35)38)11-10-26-22-27(37)14-16-34(26,30)3/h6-8,21,24,26,29-33,38H,4-5,9-20,22-23H2,1-3H3/t26?,29?,30?,31?,32?,33-,34-,35+/m0/s1. The maximum absolute atomic E-state index is 12.3. The third kappa shape index (κ3) is 5.11. The van der Waals surface area contributed by atoms with Gasteiger partial charge < -0.3 is 9.84 Å². The van der Waals surface area contributed by atoms with Crippen LogP contribution in [0.4, 0.5) is 0 Å². The quantitative estimate of drug-likeness (QED) is 0.391. The van der Waals surface area contributed by atoms with Crippen LogP contribution in [-0.4, -0.2) is 41.6 Å². The van der Waals surface area contributed by atoms with Crippen LogP contribution in [0.25, 0.3) is 0 Å². The van der Waals surface area contributed by atoms with Crippen molar-refractivity contribution in [1.82, 2.24) is 4.90 Å². The first-order valence-corrected chi connectivity index (χ1v) is 16.5. The lowest BCUT2D eigenvalue weighted by atomic mass is 9.44. The topological polar surface area (TPSA) is 49.8 Å². The number of hydrogen-bond donors (Lipinski definition) is 1. The van der Waals surface area contributed by atoms with E-state index in [9.17, 15) is 9.90 Å². The Balaban J connectivity index is 1.13. The van der Waals surface area contributed by atoms with Crippen LogP contribution < -0.4 is 4.74 Å². The van der Waals surface area contributed by atoms with Gasteiger partial charge in [-0.3, -0.25) is 9.69 Å². The van der Waals surface area contributed by atoms with Gasteiger partial charge >= 0.3 is 0 Å². The van der Waals surface area contributed by atoms with Crippen molar-refractivity contribution in [2.75, 3.05) is 19.7 Å². The van der Waals surface area contributed by atoms with Gasteiger partial charge in [-0.25, -0.2) is 0 Å². The van der Waals surface area contributed by atoms with Crippen molar-refractivity contribution in [2.45, 2.75) is 116 Å². The van der Waals surface area contributed by atoms with E-state index >= 15 is 0 Å². The monoisotopic (exact) mass is 535 g/mol. The van der Waals surface area contributed by atoms with Gasteiger partial charge in [0.25, 0.3) is 0 Å². The molecule has 5 unspecified atom stereocenters. The summed E-state index contributed by atoms with van der Waals surface area (Å²) in [5.41, 5.74) is 1.75. The van der Waals surface area contributed by atoms with Crippen LogP contribution >= 0.6 is 0 Å². The SMILES string of the molecule is CC(C)CN1CCCCC1c1cccc(OCC[C@]23CCC4C(CCC5CC(=O)CC[C@@]54C)C2CC[C@@H]3O)c1. The van der Waals surface area contributed by atoms with E-state index < -0.39 is 0 Å². The minimum absolute atomic E-state index is 0.0178. The molecule has 5 aliphatic rings. The fourth-order valence-electron chi connectivity index (χ4n) is 10.5. The summed E-state index contributed by atoms with van der Waals surface area (Å²) in [5.74, 6) is 4.83. The normalized spacial score (nSPS) is 40.7.